The Kier molecular flexibility index (Phi) is 7.68. The van der Waals surface area contributed by atoms with Gasteiger partial charge >= 0.3 is 0 Å². The number of aryl methyl sites for hydroxylation is 1. The molecule has 0 spiro atoms. The summed E-state index contributed by atoms with van der Waals surface area (Å²) in [6.07, 6.45) is 0.0119. The van der Waals surface area contributed by atoms with Crippen molar-refractivity contribution in [3.05, 3.63) is 45.8 Å². The van der Waals surface area contributed by atoms with Crippen molar-refractivity contribution in [2.75, 3.05) is 18.4 Å². The smallest absolute Gasteiger partial charge is 0.256 e. The maximum absolute atomic E-state index is 12.8. The molecule has 0 radical (unpaired) electrons. The largest absolute Gasteiger partial charge is 0.312 e. The van der Waals surface area contributed by atoms with Gasteiger partial charge in [-0.1, -0.05) is 0 Å². The topological polar surface area (TPSA) is 138 Å². The van der Waals surface area contributed by atoms with Crippen molar-refractivity contribution in [1.29, 1.82) is 15.8 Å². The number of nitrogens with zero attached hydrogens (tertiary/aromatic N) is 4. The highest BCUT2D eigenvalue weighted by Crippen LogP contribution is 2.32. The summed E-state index contributed by atoms with van der Waals surface area (Å²) in [7, 11) is -3.90. The minimum absolute atomic E-state index is 0.00597. The van der Waals surface area contributed by atoms with Crippen LogP contribution < -0.4 is 5.32 Å². The van der Waals surface area contributed by atoms with E-state index in [0.717, 1.165) is 14.7 Å². The molecule has 0 unspecified atom stereocenters. The van der Waals surface area contributed by atoms with Crippen LogP contribution in [0.5, 0.6) is 0 Å². The second-order valence-electron chi connectivity index (χ2n) is 6.30. The summed E-state index contributed by atoms with van der Waals surface area (Å²) in [5.74, 6) is -0.456. The summed E-state index contributed by atoms with van der Waals surface area (Å²) < 4.78 is 26.7. The van der Waals surface area contributed by atoms with Crippen LogP contribution in [0, 0.1) is 47.8 Å². The summed E-state index contributed by atoms with van der Waals surface area (Å²) in [6, 6.07) is 11.3. The third-order valence-corrected chi connectivity index (χ3v) is 7.46. The molecule has 1 amide bonds. The molecule has 1 N–H and O–H groups in total. The number of rotatable bonds is 8. The standard InChI is InChI=1S/C20H19N5O3S2/c1-14-15(2)29-20(18(14)13-23)24-19(26)16-5-7-17(8-6-16)30(27,28)25(11-3-9-21)12-4-10-22/h5-8H,3-4,11-12H2,1-2H3,(H,24,26). The number of anilines is 1. The lowest BCUT2D eigenvalue weighted by atomic mass is 10.2. The number of thiophene rings is 1. The number of sulfonamides is 1. The van der Waals surface area contributed by atoms with Crippen LogP contribution in [0.3, 0.4) is 0 Å². The van der Waals surface area contributed by atoms with Gasteiger partial charge < -0.3 is 5.32 Å². The lowest BCUT2D eigenvalue weighted by Crippen LogP contribution is -2.32. The van der Waals surface area contributed by atoms with Gasteiger partial charge in [0, 0.05) is 36.4 Å². The molecule has 0 bridgehead atoms. The predicted molar refractivity (Wildman–Crippen MR) is 112 cm³/mol. The van der Waals surface area contributed by atoms with Crippen molar-refractivity contribution >= 4 is 32.3 Å². The normalized spacial score (nSPS) is 10.8. The zero-order valence-electron chi connectivity index (χ0n) is 16.5. The molecule has 154 valence electrons. The minimum atomic E-state index is -3.90. The first kappa shape index (κ1) is 23.1. The molecule has 0 aliphatic heterocycles. The van der Waals surface area contributed by atoms with E-state index < -0.39 is 15.9 Å². The van der Waals surface area contributed by atoms with Gasteiger partial charge in [0.2, 0.25) is 10.0 Å². The Morgan fingerprint density at radius 2 is 1.63 bits per heavy atom. The number of carbonyl (C=O) groups excluding carboxylic acids is 1. The van der Waals surface area contributed by atoms with Gasteiger partial charge in [-0.3, -0.25) is 4.79 Å². The molecular formula is C20H19N5O3S2. The van der Waals surface area contributed by atoms with E-state index >= 15 is 0 Å². The quantitative estimate of drug-likeness (QED) is 0.667. The van der Waals surface area contributed by atoms with Crippen LogP contribution in [-0.2, 0) is 10.0 Å². The molecule has 10 heteroatoms. The van der Waals surface area contributed by atoms with Crippen LogP contribution in [0.4, 0.5) is 5.00 Å². The van der Waals surface area contributed by atoms with Gasteiger partial charge in [-0.25, -0.2) is 8.42 Å². The van der Waals surface area contributed by atoms with Gasteiger partial charge in [-0.05, 0) is 43.7 Å². The van der Waals surface area contributed by atoms with Gasteiger partial charge in [0.1, 0.15) is 11.1 Å². The first-order chi connectivity index (χ1) is 14.3. The fraction of sp³-hybridized carbons (Fsp3) is 0.300. The third kappa shape index (κ3) is 5.03. The Hall–Kier alpha value is -3.23. The van der Waals surface area contributed by atoms with E-state index in [9.17, 15) is 18.5 Å². The highest BCUT2D eigenvalue weighted by Gasteiger charge is 2.24. The van der Waals surface area contributed by atoms with E-state index in [1.165, 1.54) is 35.6 Å². The average Bonchev–Trinajstić information content (AvgIpc) is 3.00. The zero-order valence-corrected chi connectivity index (χ0v) is 18.1. The maximum atomic E-state index is 12.8. The van der Waals surface area contributed by atoms with E-state index in [1.54, 1.807) is 0 Å². The average molecular weight is 442 g/mol. The molecular weight excluding hydrogens is 422 g/mol. The Morgan fingerprint density at radius 3 is 2.13 bits per heavy atom. The van der Waals surface area contributed by atoms with E-state index in [-0.39, 0.29) is 36.4 Å². The van der Waals surface area contributed by atoms with Gasteiger partial charge in [-0.2, -0.15) is 20.1 Å². The first-order valence-corrected chi connectivity index (χ1v) is 11.2. The summed E-state index contributed by atoms with van der Waals surface area (Å²) in [5, 5.41) is 29.9. The Balaban J connectivity index is 2.23. The van der Waals surface area contributed by atoms with Crippen LogP contribution in [0.2, 0.25) is 0 Å². The zero-order chi connectivity index (χ0) is 22.3. The van der Waals surface area contributed by atoms with Crippen molar-refractivity contribution in [2.45, 2.75) is 31.6 Å². The molecule has 1 heterocycles. The number of amides is 1. The minimum Gasteiger partial charge on any atom is -0.312 e. The second-order valence-corrected chi connectivity index (χ2v) is 9.46. The molecule has 0 aliphatic carbocycles. The van der Waals surface area contributed by atoms with Crippen LogP contribution in [-0.4, -0.2) is 31.7 Å². The van der Waals surface area contributed by atoms with E-state index in [0.29, 0.717) is 10.6 Å². The number of benzene rings is 1. The summed E-state index contributed by atoms with van der Waals surface area (Å²) >= 11 is 1.31. The fourth-order valence-electron chi connectivity index (χ4n) is 2.65. The fourth-order valence-corrected chi connectivity index (χ4v) is 5.10. The van der Waals surface area contributed by atoms with Gasteiger partial charge in [0.05, 0.1) is 22.6 Å². The number of carbonyl (C=O) groups is 1. The van der Waals surface area contributed by atoms with E-state index in [2.05, 4.69) is 11.4 Å². The second kappa shape index (κ2) is 10.00. The number of nitriles is 3. The molecule has 0 saturated heterocycles. The Labute approximate surface area is 179 Å². The van der Waals surface area contributed by atoms with Crippen molar-refractivity contribution in [3.8, 4) is 18.2 Å². The first-order valence-electron chi connectivity index (χ1n) is 8.91. The molecule has 8 nitrogen and oxygen atoms in total. The molecule has 30 heavy (non-hydrogen) atoms. The highest BCUT2D eigenvalue weighted by molar-refractivity contribution is 7.89. The highest BCUT2D eigenvalue weighted by atomic mass is 32.2. The monoisotopic (exact) mass is 441 g/mol. The van der Waals surface area contributed by atoms with Crippen molar-refractivity contribution in [1.82, 2.24) is 4.31 Å². The summed E-state index contributed by atoms with van der Waals surface area (Å²) in [6.45, 7) is 3.64. The SMILES string of the molecule is Cc1sc(NC(=O)c2ccc(S(=O)(=O)N(CCC#N)CCC#N)cc2)c(C#N)c1C. The van der Waals surface area contributed by atoms with Gasteiger partial charge in [0.15, 0.2) is 0 Å². The molecule has 1 aromatic heterocycles. The lowest BCUT2D eigenvalue weighted by Gasteiger charge is -2.20. The summed E-state index contributed by atoms with van der Waals surface area (Å²) in [4.78, 5) is 13.4. The Morgan fingerprint density at radius 1 is 1.07 bits per heavy atom. The number of nitrogens with one attached hydrogen (secondary N) is 1. The predicted octanol–water partition coefficient (Wildman–Crippen LogP) is 3.31. The van der Waals surface area contributed by atoms with Gasteiger partial charge in [-0.15, -0.1) is 11.3 Å². The van der Waals surface area contributed by atoms with Crippen LogP contribution >= 0.6 is 11.3 Å². The van der Waals surface area contributed by atoms with Gasteiger partial charge in [0.25, 0.3) is 5.91 Å². The van der Waals surface area contributed by atoms with Crippen LogP contribution in [0.15, 0.2) is 29.2 Å². The molecule has 0 fully saturated rings. The van der Waals surface area contributed by atoms with E-state index in [4.69, 9.17) is 10.5 Å². The molecule has 0 atom stereocenters. The molecule has 0 saturated carbocycles. The third-order valence-electron chi connectivity index (χ3n) is 4.42. The van der Waals surface area contributed by atoms with Crippen molar-refractivity contribution < 1.29 is 13.2 Å². The Bertz CT molecular complexity index is 1150. The molecule has 2 rings (SSSR count). The molecule has 2 aromatic rings. The molecule has 0 aliphatic rings. The van der Waals surface area contributed by atoms with Crippen LogP contribution in [0.25, 0.3) is 0 Å². The van der Waals surface area contributed by atoms with E-state index in [1.807, 2.05) is 26.0 Å². The number of hydrogen-bond donors (Lipinski definition) is 1. The van der Waals surface area contributed by atoms with Crippen LogP contribution in [0.1, 0.15) is 39.2 Å². The van der Waals surface area contributed by atoms with Crippen molar-refractivity contribution in [3.63, 3.8) is 0 Å². The maximum Gasteiger partial charge on any atom is 0.256 e. The summed E-state index contributed by atoms with van der Waals surface area (Å²) in [5.41, 5.74) is 1.46. The van der Waals surface area contributed by atoms with Crippen molar-refractivity contribution in [2.24, 2.45) is 0 Å². The molecule has 1 aromatic carbocycles. The lowest BCUT2D eigenvalue weighted by molar-refractivity contribution is 0.102. The number of hydrogen-bond acceptors (Lipinski definition) is 7.